The van der Waals surface area contributed by atoms with Gasteiger partial charge in [-0.3, -0.25) is 0 Å². The number of hydrogen-bond donors (Lipinski definition) is 2. The SMILES string of the molecule is C#CC1(NC(=S)Nc2cccc(OC)c2)CCCCC1. The molecule has 1 saturated carbocycles. The number of anilines is 1. The van der Waals surface area contributed by atoms with Crippen LogP contribution in [0, 0.1) is 12.3 Å². The molecule has 0 spiro atoms. The summed E-state index contributed by atoms with van der Waals surface area (Å²) in [4.78, 5) is 0. The van der Waals surface area contributed by atoms with E-state index in [1.54, 1.807) is 7.11 Å². The molecule has 1 aromatic rings. The van der Waals surface area contributed by atoms with Crippen molar-refractivity contribution in [2.24, 2.45) is 0 Å². The average molecular weight is 288 g/mol. The fourth-order valence-corrected chi connectivity index (χ4v) is 2.85. The van der Waals surface area contributed by atoms with Crippen LogP contribution in [0.4, 0.5) is 5.69 Å². The first-order valence-corrected chi connectivity index (χ1v) is 7.29. The minimum Gasteiger partial charge on any atom is -0.497 e. The molecule has 0 unspecified atom stereocenters. The number of nitrogens with one attached hydrogen (secondary N) is 2. The van der Waals surface area contributed by atoms with E-state index < -0.39 is 0 Å². The Bertz CT molecular complexity index is 515. The van der Waals surface area contributed by atoms with Crippen molar-refractivity contribution in [3.8, 4) is 18.1 Å². The Hall–Kier alpha value is -1.73. The summed E-state index contributed by atoms with van der Waals surface area (Å²) in [6.45, 7) is 0. The number of benzene rings is 1. The predicted octanol–water partition coefficient (Wildman–Crippen LogP) is 3.32. The van der Waals surface area contributed by atoms with Gasteiger partial charge < -0.3 is 15.4 Å². The second-order valence-corrected chi connectivity index (χ2v) is 5.51. The highest BCUT2D eigenvalue weighted by Gasteiger charge is 2.30. The zero-order chi connectivity index (χ0) is 14.4. The van der Waals surface area contributed by atoms with E-state index in [4.69, 9.17) is 23.4 Å². The monoisotopic (exact) mass is 288 g/mol. The predicted molar refractivity (Wildman–Crippen MR) is 87.0 cm³/mol. The number of terminal acetylenes is 1. The summed E-state index contributed by atoms with van der Waals surface area (Å²) in [6, 6.07) is 7.66. The Kier molecular flexibility index (Phi) is 4.86. The summed E-state index contributed by atoms with van der Waals surface area (Å²) < 4.78 is 5.19. The lowest BCUT2D eigenvalue weighted by Gasteiger charge is -2.34. The third kappa shape index (κ3) is 3.64. The average Bonchev–Trinajstić information content (AvgIpc) is 2.48. The summed E-state index contributed by atoms with van der Waals surface area (Å²) in [7, 11) is 1.64. The molecule has 2 N–H and O–H groups in total. The van der Waals surface area contributed by atoms with Crippen molar-refractivity contribution in [1.82, 2.24) is 5.32 Å². The minimum absolute atomic E-state index is 0.290. The van der Waals surface area contributed by atoms with Gasteiger partial charge in [-0.05, 0) is 37.2 Å². The van der Waals surface area contributed by atoms with E-state index in [1.165, 1.54) is 6.42 Å². The molecule has 20 heavy (non-hydrogen) atoms. The Morgan fingerprint density at radius 2 is 2.10 bits per heavy atom. The molecule has 0 aliphatic heterocycles. The topological polar surface area (TPSA) is 33.3 Å². The van der Waals surface area contributed by atoms with E-state index in [1.807, 2.05) is 24.3 Å². The molecule has 3 nitrogen and oxygen atoms in total. The third-order valence-corrected chi connectivity index (χ3v) is 3.87. The van der Waals surface area contributed by atoms with Crippen molar-refractivity contribution in [2.75, 3.05) is 12.4 Å². The van der Waals surface area contributed by atoms with Crippen molar-refractivity contribution in [3.05, 3.63) is 24.3 Å². The zero-order valence-corrected chi connectivity index (χ0v) is 12.6. The van der Waals surface area contributed by atoms with Crippen LogP contribution < -0.4 is 15.4 Å². The lowest BCUT2D eigenvalue weighted by atomic mass is 9.82. The van der Waals surface area contributed by atoms with E-state index in [0.717, 1.165) is 37.1 Å². The van der Waals surface area contributed by atoms with Crippen molar-refractivity contribution in [2.45, 2.75) is 37.6 Å². The third-order valence-electron chi connectivity index (χ3n) is 3.66. The highest BCUT2D eigenvalue weighted by Crippen LogP contribution is 2.27. The van der Waals surface area contributed by atoms with Crippen LogP contribution in [-0.4, -0.2) is 17.8 Å². The van der Waals surface area contributed by atoms with Crippen LogP contribution in [0.3, 0.4) is 0 Å². The van der Waals surface area contributed by atoms with Gasteiger partial charge in [0.05, 0.1) is 7.11 Å². The van der Waals surface area contributed by atoms with Crippen molar-refractivity contribution < 1.29 is 4.74 Å². The van der Waals surface area contributed by atoms with Crippen LogP contribution >= 0.6 is 12.2 Å². The standard InChI is InChI=1S/C16H20N2OS/c1-3-16(10-5-4-6-11-16)18-15(20)17-13-8-7-9-14(12-13)19-2/h1,7-9,12H,4-6,10-11H2,2H3,(H2,17,18,20). The molecule has 0 atom stereocenters. The maximum absolute atomic E-state index is 5.71. The van der Waals surface area contributed by atoms with Crippen LogP contribution in [0.5, 0.6) is 5.75 Å². The summed E-state index contributed by atoms with van der Waals surface area (Å²) in [5, 5.41) is 7.05. The summed E-state index contributed by atoms with van der Waals surface area (Å²) in [6.07, 6.45) is 11.2. The summed E-state index contributed by atoms with van der Waals surface area (Å²) in [5.74, 6) is 3.69. The molecule has 1 fully saturated rings. The molecule has 0 radical (unpaired) electrons. The largest absolute Gasteiger partial charge is 0.497 e. The Morgan fingerprint density at radius 1 is 1.35 bits per heavy atom. The highest BCUT2D eigenvalue weighted by atomic mass is 32.1. The number of rotatable bonds is 3. The quantitative estimate of drug-likeness (QED) is 0.660. The van der Waals surface area contributed by atoms with Gasteiger partial charge in [-0.15, -0.1) is 6.42 Å². The molecule has 0 aromatic heterocycles. The number of methoxy groups -OCH3 is 1. The van der Waals surface area contributed by atoms with E-state index in [2.05, 4.69) is 16.6 Å². The van der Waals surface area contributed by atoms with Crippen molar-refractivity contribution >= 4 is 23.0 Å². The van der Waals surface area contributed by atoms with Crippen LogP contribution in [-0.2, 0) is 0 Å². The van der Waals surface area contributed by atoms with Gasteiger partial charge in [0.25, 0.3) is 0 Å². The van der Waals surface area contributed by atoms with E-state index >= 15 is 0 Å². The molecular weight excluding hydrogens is 268 g/mol. The van der Waals surface area contributed by atoms with E-state index in [0.29, 0.717) is 5.11 Å². The van der Waals surface area contributed by atoms with Crippen LogP contribution in [0.1, 0.15) is 32.1 Å². The first kappa shape index (κ1) is 14.7. The van der Waals surface area contributed by atoms with Crippen LogP contribution in [0.2, 0.25) is 0 Å². The molecule has 4 heteroatoms. The van der Waals surface area contributed by atoms with Gasteiger partial charge in [0.2, 0.25) is 0 Å². The van der Waals surface area contributed by atoms with Gasteiger partial charge in [0, 0.05) is 11.8 Å². The normalized spacial score (nSPS) is 16.8. The maximum atomic E-state index is 5.71. The van der Waals surface area contributed by atoms with Crippen LogP contribution in [0.25, 0.3) is 0 Å². The Labute approximate surface area is 126 Å². The first-order valence-electron chi connectivity index (χ1n) is 6.88. The summed E-state index contributed by atoms with van der Waals surface area (Å²) in [5.41, 5.74) is 0.603. The number of thiocarbonyl (C=S) groups is 1. The second-order valence-electron chi connectivity index (χ2n) is 5.10. The first-order chi connectivity index (χ1) is 9.67. The zero-order valence-electron chi connectivity index (χ0n) is 11.7. The van der Waals surface area contributed by atoms with Crippen molar-refractivity contribution in [3.63, 3.8) is 0 Å². The highest BCUT2D eigenvalue weighted by molar-refractivity contribution is 7.80. The van der Waals surface area contributed by atoms with Crippen LogP contribution in [0.15, 0.2) is 24.3 Å². The molecular formula is C16H20N2OS. The molecule has 1 aromatic carbocycles. The molecule has 0 heterocycles. The molecule has 0 amide bonds. The van der Waals surface area contributed by atoms with Gasteiger partial charge in [-0.2, -0.15) is 0 Å². The van der Waals surface area contributed by atoms with Crippen molar-refractivity contribution in [1.29, 1.82) is 0 Å². The number of hydrogen-bond acceptors (Lipinski definition) is 2. The van der Waals surface area contributed by atoms with Gasteiger partial charge in [-0.1, -0.05) is 31.2 Å². The molecule has 1 aliphatic carbocycles. The fourth-order valence-electron chi connectivity index (χ4n) is 2.54. The fraction of sp³-hybridized carbons (Fsp3) is 0.438. The van der Waals surface area contributed by atoms with E-state index in [9.17, 15) is 0 Å². The maximum Gasteiger partial charge on any atom is 0.171 e. The molecule has 106 valence electrons. The molecule has 2 rings (SSSR count). The Morgan fingerprint density at radius 3 is 2.75 bits per heavy atom. The smallest absolute Gasteiger partial charge is 0.171 e. The second kappa shape index (κ2) is 6.62. The van der Waals surface area contributed by atoms with E-state index in [-0.39, 0.29) is 5.54 Å². The summed E-state index contributed by atoms with van der Waals surface area (Å²) >= 11 is 5.38. The van der Waals surface area contributed by atoms with Gasteiger partial charge in [-0.25, -0.2) is 0 Å². The van der Waals surface area contributed by atoms with Gasteiger partial charge >= 0.3 is 0 Å². The Balaban J connectivity index is 1.99. The van der Waals surface area contributed by atoms with Gasteiger partial charge in [0.15, 0.2) is 5.11 Å². The van der Waals surface area contributed by atoms with Gasteiger partial charge in [0.1, 0.15) is 11.3 Å². The lowest BCUT2D eigenvalue weighted by molar-refractivity contribution is 0.341. The molecule has 0 saturated heterocycles. The number of ether oxygens (including phenoxy) is 1. The molecule has 0 bridgehead atoms. The minimum atomic E-state index is -0.290. The molecule has 1 aliphatic rings. The lowest BCUT2D eigenvalue weighted by Crippen LogP contribution is -2.50.